The van der Waals surface area contributed by atoms with Crippen molar-refractivity contribution in [3.63, 3.8) is 0 Å². The number of non-ortho nitro benzene ring substituents is 1. The standard InChI is InChI=1S/C14H18N2O3/c17-14(10-15-12-6-2-1-3-7-12)11-5-4-8-13(9-11)16(18)19/h4-5,8-9,12,15H,1-3,6-7,10H2. The van der Waals surface area contributed by atoms with E-state index in [0.29, 0.717) is 11.6 Å². The normalized spacial score (nSPS) is 16.2. The van der Waals surface area contributed by atoms with Gasteiger partial charge >= 0.3 is 0 Å². The van der Waals surface area contributed by atoms with E-state index in [2.05, 4.69) is 5.32 Å². The molecule has 1 aliphatic carbocycles. The van der Waals surface area contributed by atoms with Crippen molar-refractivity contribution in [1.29, 1.82) is 0 Å². The van der Waals surface area contributed by atoms with Crippen LogP contribution in [-0.4, -0.2) is 23.3 Å². The van der Waals surface area contributed by atoms with Gasteiger partial charge in [-0.15, -0.1) is 0 Å². The number of carbonyl (C=O) groups excluding carboxylic acids is 1. The Hall–Kier alpha value is -1.75. The van der Waals surface area contributed by atoms with E-state index < -0.39 is 4.92 Å². The van der Waals surface area contributed by atoms with Crippen molar-refractivity contribution in [3.8, 4) is 0 Å². The van der Waals surface area contributed by atoms with Gasteiger partial charge in [0, 0.05) is 23.7 Å². The molecule has 102 valence electrons. The summed E-state index contributed by atoms with van der Waals surface area (Å²) in [5.74, 6) is -0.0886. The summed E-state index contributed by atoms with van der Waals surface area (Å²) in [6, 6.07) is 6.32. The lowest BCUT2D eigenvalue weighted by Gasteiger charge is -2.22. The maximum Gasteiger partial charge on any atom is 0.270 e. The van der Waals surface area contributed by atoms with Crippen LogP contribution in [0.15, 0.2) is 24.3 Å². The topological polar surface area (TPSA) is 72.2 Å². The molecule has 0 saturated heterocycles. The van der Waals surface area contributed by atoms with Crippen LogP contribution in [0.2, 0.25) is 0 Å². The molecule has 0 unspecified atom stereocenters. The number of nitrogens with one attached hydrogen (secondary N) is 1. The molecular formula is C14H18N2O3. The van der Waals surface area contributed by atoms with Gasteiger partial charge in [-0.1, -0.05) is 31.4 Å². The monoisotopic (exact) mass is 262 g/mol. The molecule has 1 saturated carbocycles. The molecule has 5 nitrogen and oxygen atoms in total. The predicted octanol–water partition coefficient (Wildman–Crippen LogP) is 2.70. The van der Waals surface area contributed by atoms with E-state index >= 15 is 0 Å². The number of hydrogen-bond acceptors (Lipinski definition) is 4. The van der Waals surface area contributed by atoms with E-state index in [0.717, 1.165) is 12.8 Å². The number of hydrogen-bond donors (Lipinski definition) is 1. The van der Waals surface area contributed by atoms with Crippen LogP contribution in [0.5, 0.6) is 0 Å². The third kappa shape index (κ3) is 3.86. The van der Waals surface area contributed by atoms with E-state index in [4.69, 9.17) is 0 Å². The van der Waals surface area contributed by atoms with Gasteiger partial charge in [0.2, 0.25) is 0 Å². The average molecular weight is 262 g/mol. The second-order valence-electron chi connectivity index (χ2n) is 4.95. The molecule has 1 aromatic rings. The van der Waals surface area contributed by atoms with Crippen molar-refractivity contribution in [2.75, 3.05) is 6.54 Å². The molecule has 1 N–H and O–H groups in total. The first-order valence-electron chi connectivity index (χ1n) is 6.68. The second kappa shape index (κ2) is 6.43. The van der Waals surface area contributed by atoms with E-state index in [1.54, 1.807) is 12.1 Å². The van der Waals surface area contributed by atoms with E-state index in [-0.39, 0.29) is 18.0 Å². The molecule has 2 rings (SSSR count). The molecule has 0 aliphatic heterocycles. The van der Waals surface area contributed by atoms with Gasteiger partial charge in [0.15, 0.2) is 5.78 Å². The SMILES string of the molecule is O=C(CNC1CCCCC1)c1cccc([N+](=O)[O-])c1. The first-order chi connectivity index (χ1) is 9.16. The highest BCUT2D eigenvalue weighted by Gasteiger charge is 2.16. The number of carbonyl (C=O) groups is 1. The van der Waals surface area contributed by atoms with E-state index in [1.807, 2.05) is 0 Å². The molecule has 1 aromatic carbocycles. The first-order valence-corrected chi connectivity index (χ1v) is 6.68. The smallest absolute Gasteiger partial charge is 0.270 e. The quantitative estimate of drug-likeness (QED) is 0.503. The number of rotatable bonds is 5. The van der Waals surface area contributed by atoms with Crippen LogP contribution in [0.1, 0.15) is 42.5 Å². The molecule has 5 heteroatoms. The summed E-state index contributed by atoms with van der Waals surface area (Å²) < 4.78 is 0. The van der Waals surface area contributed by atoms with Crippen molar-refractivity contribution in [2.45, 2.75) is 38.1 Å². The van der Waals surface area contributed by atoms with E-state index in [1.165, 1.54) is 31.4 Å². The Morgan fingerprint density at radius 1 is 1.32 bits per heavy atom. The highest BCUT2D eigenvalue weighted by molar-refractivity contribution is 5.98. The summed E-state index contributed by atoms with van der Waals surface area (Å²) in [5, 5.41) is 13.9. The minimum absolute atomic E-state index is 0.0384. The van der Waals surface area contributed by atoms with Gasteiger partial charge in [0.25, 0.3) is 5.69 Å². The van der Waals surface area contributed by atoms with Gasteiger partial charge in [-0.3, -0.25) is 14.9 Å². The van der Waals surface area contributed by atoms with Crippen molar-refractivity contribution in [3.05, 3.63) is 39.9 Å². The third-order valence-electron chi connectivity index (χ3n) is 3.54. The number of benzene rings is 1. The Bertz CT molecular complexity index is 468. The zero-order chi connectivity index (χ0) is 13.7. The lowest BCUT2D eigenvalue weighted by atomic mass is 9.95. The highest BCUT2D eigenvalue weighted by Crippen LogP contribution is 2.17. The van der Waals surface area contributed by atoms with Gasteiger partial charge in [-0.05, 0) is 12.8 Å². The summed E-state index contributed by atoms with van der Waals surface area (Å²) in [5.41, 5.74) is 0.362. The number of nitro groups is 1. The largest absolute Gasteiger partial charge is 0.307 e. The van der Waals surface area contributed by atoms with Crippen molar-refractivity contribution < 1.29 is 9.72 Å². The Morgan fingerprint density at radius 3 is 2.74 bits per heavy atom. The molecule has 0 heterocycles. The Kier molecular flexibility index (Phi) is 4.63. The summed E-state index contributed by atoms with van der Waals surface area (Å²) in [6.45, 7) is 0.256. The van der Waals surface area contributed by atoms with Crippen LogP contribution in [0.25, 0.3) is 0 Å². The van der Waals surface area contributed by atoms with Crippen molar-refractivity contribution >= 4 is 11.5 Å². The first kappa shape index (κ1) is 13.7. The van der Waals surface area contributed by atoms with Crippen LogP contribution in [0.4, 0.5) is 5.69 Å². The molecule has 1 aliphatic rings. The van der Waals surface area contributed by atoms with Gasteiger partial charge in [0.05, 0.1) is 11.5 Å². The summed E-state index contributed by atoms with van der Waals surface area (Å²) in [7, 11) is 0. The summed E-state index contributed by atoms with van der Waals surface area (Å²) in [6.07, 6.45) is 5.92. The summed E-state index contributed by atoms with van der Waals surface area (Å²) in [4.78, 5) is 22.2. The average Bonchev–Trinajstić information content (AvgIpc) is 2.46. The van der Waals surface area contributed by atoms with Crippen LogP contribution in [0, 0.1) is 10.1 Å². The van der Waals surface area contributed by atoms with Crippen LogP contribution in [0.3, 0.4) is 0 Å². The minimum atomic E-state index is -0.481. The Balaban J connectivity index is 1.92. The molecule has 0 amide bonds. The van der Waals surface area contributed by atoms with Gasteiger partial charge in [-0.2, -0.15) is 0 Å². The van der Waals surface area contributed by atoms with Gasteiger partial charge in [-0.25, -0.2) is 0 Å². The van der Waals surface area contributed by atoms with Gasteiger partial charge in [0.1, 0.15) is 0 Å². The second-order valence-corrected chi connectivity index (χ2v) is 4.95. The zero-order valence-corrected chi connectivity index (χ0v) is 10.8. The molecular weight excluding hydrogens is 244 g/mol. The van der Waals surface area contributed by atoms with E-state index in [9.17, 15) is 14.9 Å². The molecule has 0 spiro atoms. The molecule has 0 aromatic heterocycles. The van der Waals surface area contributed by atoms with Crippen LogP contribution < -0.4 is 5.32 Å². The lowest BCUT2D eigenvalue weighted by molar-refractivity contribution is -0.384. The number of Topliss-reactive ketones (excluding diaryl/α,β-unsaturated/α-hetero) is 1. The predicted molar refractivity (Wildman–Crippen MR) is 72.3 cm³/mol. The molecule has 0 atom stereocenters. The van der Waals surface area contributed by atoms with Crippen molar-refractivity contribution in [2.24, 2.45) is 0 Å². The molecule has 0 bridgehead atoms. The molecule has 19 heavy (non-hydrogen) atoms. The fraction of sp³-hybridized carbons (Fsp3) is 0.500. The maximum absolute atomic E-state index is 12.0. The molecule has 0 radical (unpaired) electrons. The Morgan fingerprint density at radius 2 is 2.05 bits per heavy atom. The fourth-order valence-corrected chi connectivity index (χ4v) is 2.44. The van der Waals surface area contributed by atoms with Crippen LogP contribution >= 0.6 is 0 Å². The fourth-order valence-electron chi connectivity index (χ4n) is 2.44. The van der Waals surface area contributed by atoms with Crippen molar-refractivity contribution in [1.82, 2.24) is 5.32 Å². The number of nitrogens with zero attached hydrogens (tertiary/aromatic N) is 1. The number of ketones is 1. The lowest BCUT2D eigenvalue weighted by Crippen LogP contribution is -2.35. The van der Waals surface area contributed by atoms with Crippen LogP contribution in [-0.2, 0) is 0 Å². The Labute approximate surface area is 112 Å². The summed E-state index contributed by atoms with van der Waals surface area (Å²) >= 11 is 0. The maximum atomic E-state index is 12.0. The van der Waals surface area contributed by atoms with Gasteiger partial charge < -0.3 is 5.32 Å². The third-order valence-corrected chi connectivity index (χ3v) is 3.54. The molecule has 1 fully saturated rings. The minimum Gasteiger partial charge on any atom is -0.307 e. The number of nitro benzene ring substituents is 1. The highest BCUT2D eigenvalue weighted by atomic mass is 16.6. The zero-order valence-electron chi connectivity index (χ0n) is 10.8.